The number of carbonyl (C=O) groups is 1. The highest BCUT2D eigenvalue weighted by Gasteiger charge is 2.17. The van der Waals surface area contributed by atoms with Gasteiger partial charge >= 0.3 is 0 Å². The highest BCUT2D eigenvalue weighted by molar-refractivity contribution is 5.95. The Bertz CT molecular complexity index is 882. The van der Waals surface area contributed by atoms with E-state index in [0.717, 1.165) is 17.8 Å². The van der Waals surface area contributed by atoms with Crippen LogP contribution in [0.1, 0.15) is 34.6 Å². The fourth-order valence-corrected chi connectivity index (χ4v) is 2.54. The molecule has 1 aromatic carbocycles. The molecule has 2 aromatic heterocycles. The topological polar surface area (TPSA) is 82.2 Å². The summed E-state index contributed by atoms with van der Waals surface area (Å²) in [7, 11) is 1.60. The van der Waals surface area contributed by atoms with Crippen LogP contribution in [0, 0.1) is 6.92 Å². The molecular formula is C18H20N4O3. The molecule has 7 heteroatoms. The lowest BCUT2D eigenvalue weighted by molar-refractivity contribution is 0.0947. The number of carbonyl (C=O) groups excluding carboxylic acids is 1. The van der Waals surface area contributed by atoms with Gasteiger partial charge < -0.3 is 14.5 Å². The van der Waals surface area contributed by atoms with Crippen molar-refractivity contribution in [1.29, 1.82) is 0 Å². The Balaban J connectivity index is 1.77. The van der Waals surface area contributed by atoms with Crippen LogP contribution in [0.25, 0.3) is 5.69 Å². The highest BCUT2D eigenvalue weighted by atomic mass is 16.5. The van der Waals surface area contributed by atoms with Crippen molar-refractivity contribution in [3.8, 4) is 11.4 Å². The molecule has 0 spiro atoms. The molecule has 3 rings (SSSR count). The van der Waals surface area contributed by atoms with E-state index in [-0.39, 0.29) is 12.5 Å². The molecule has 0 saturated heterocycles. The average molecular weight is 340 g/mol. The Morgan fingerprint density at radius 2 is 2.12 bits per heavy atom. The third-order valence-electron chi connectivity index (χ3n) is 3.89. The van der Waals surface area contributed by atoms with Crippen LogP contribution in [-0.2, 0) is 13.0 Å². The summed E-state index contributed by atoms with van der Waals surface area (Å²) in [6, 6.07) is 7.53. The molecule has 0 bridgehead atoms. The van der Waals surface area contributed by atoms with Crippen LogP contribution < -0.4 is 10.1 Å². The molecule has 0 aliphatic carbocycles. The zero-order valence-corrected chi connectivity index (χ0v) is 14.4. The molecule has 1 N–H and O–H groups in total. The first-order valence-corrected chi connectivity index (χ1v) is 8.03. The average Bonchev–Trinajstić information content (AvgIpc) is 3.26. The highest BCUT2D eigenvalue weighted by Crippen LogP contribution is 2.24. The quantitative estimate of drug-likeness (QED) is 0.746. The molecular weight excluding hydrogens is 320 g/mol. The lowest BCUT2D eigenvalue weighted by Gasteiger charge is -2.10. The van der Waals surface area contributed by atoms with Crippen LogP contribution in [-0.4, -0.2) is 27.8 Å². The Morgan fingerprint density at radius 3 is 2.84 bits per heavy atom. The predicted octanol–water partition coefficient (Wildman–Crippen LogP) is 2.67. The second-order valence-corrected chi connectivity index (χ2v) is 5.48. The van der Waals surface area contributed by atoms with Crippen molar-refractivity contribution in [2.24, 2.45) is 0 Å². The van der Waals surface area contributed by atoms with Crippen molar-refractivity contribution in [1.82, 2.24) is 20.1 Å². The molecule has 130 valence electrons. The molecule has 0 aliphatic rings. The van der Waals surface area contributed by atoms with E-state index in [9.17, 15) is 4.79 Å². The number of nitrogens with zero attached hydrogens (tertiary/aromatic N) is 3. The number of amides is 1. The summed E-state index contributed by atoms with van der Waals surface area (Å²) in [4.78, 5) is 16.6. The normalized spacial score (nSPS) is 10.7. The smallest absolute Gasteiger partial charge is 0.255 e. The monoisotopic (exact) mass is 340 g/mol. The number of methoxy groups -OCH3 is 1. The van der Waals surface area contributed by atoms with Crippen molar-refractivity contribution in [3.63, 3.8) is 0 Å². The number of hydrogen-bond donors (Lipinski definition) is 1. The van der Waals surface area contributed by atoms with Gasteiger partial charge in [0.1, 0.15) is 17.2 Å². The first-order valence-electron chi connectivity index (χ1n) is 8.03. The minimum atomic E-state index is -0.215. The van der Waals surface area contributed by atoms with Crippen molar-refractivity contribution in [2.75, 3.05) is 7.11 Å². The first-order chi connectivity index (χ1) is 12.1. The van der Waals surface area contributed by atoms with Gasteiger partial charge in [0.05, 0.1) is 37.3 Å². The standard InChI is InChI=1S/C18H20N4O3/c1-4-17-19-9-13(25-17)10-20-18(23)14-11-21-22(12(14)2)15-7-5-6-8-16(15)24-3/h5-9,11H,4,10H2,1-3H3,(H,20,23). The molecule has 0 saturated carbocycles. The summed E-state index contributed by atoms with van der Waals surface area (Å²) in [6.07, 6.45) is 3.90. The van der Waals surface area contributed by atoms with E-state index in [1.165, 1.54) is 0 Å². The Morgan fingerprint density at radius 1 is 1.32 bits per heavy atom. The Labute approximate surface area is 145 Å². The van der Waals surface area contributed by atoms with Gasteiger partial charge in [-0.1, -0.05) is 19.1 Å². The number of nitrogens with one attached hydrogen (secondary N) is 1. The van der Waals surface area contributed by atoms with Crippen LogP contribution in [0.2, 0.25) is 0 Å². The van der Waals surface area contributed by atoms with Gasteiger partial charge in [0.2, 0.25) is 0 Å². The summed E-state index contributed by atoms with van der Waals surface area (Å²) in [5, 5.41) is 7.16. The number of hydrogen-bond acceptors (Lipinski definition) is 5. The summed E-state index contributed by atoms with van der Waals surface area (Å²) in [5.74, 6) is 1.76. The minimum absolute atomic E-state index is 0.215. The summed E-state index contributed by atoms with van der Waals surface area (Å²) >= 11 is 0. The molecule has 1 amide bonds. The van der Waals surface area contributed by atoms with Crippen molar-refractivity contribution < 1.29 is 13.9 Å². The molecule has 0 fully saturated rings. The third-order valence-corrected chi connectivity index (χ3v) is 3.89. The van der Waals surface area contributed by atoms with E-state index in [0.29, 0.717) is 23.0 Å². The number of aryl methyl sites for hydroxylation is 1. The maximum atomic E-state index is 12.5. The Hall–Kier alpha value is -3.09. The summed E-state index contributed by atoms with van der Waals surface area (Å²) < 4.78 is 12.5. The second-order valence-electron chi connectivity index (χ2n) is 5.48. The van der Waals surface area contributed by atoms with E-state index in [2.05, 4.69) is 15.4 Å². The predicted molar refractivity (Wildman–Crippen MR) is 91.9 cm³/mol. The maximum absolute atomic E-state index is 12.5. The summed E-state index contributed by atoms with van der Waals surface area (Å²) in [5.41, 5.74) is 2.01. The fraction of sp³-hybridized carbons (Fsp3) is 0.278. The third kappa shape index (κ3) is 3.40. The lowest BCUT2D eigenvalue weighted by atomic mass is 10.2. The zero-order valence-electron chi connectivity index (χ0n) is 14.4. The molecule has 25 heavy (non-hydrogen) atoms. The minimum Gasteiger partial charge on any atom is -0.494 e. The van der Waals surface area contributed by atoms with Crippen LogP contribution >= 0.6 is 0 Å². The van der Waals surface area contributed by atoms with E-state index >= 15 is 0 Å². The number of ether oxygens (including phenoxy) is 1. The number of para-hydroxylation sites is 2. The molecule has 2 heterocycles. The van der Waals surface area contributed by atoms with E-state index in [4.69, 9.17) is 9.15 Å². The van der Waals surface area contributed by atoms with Gasteiger partial charge in [-0.3, -0.25) is 4.79 Å². The van der Waals surface area contributed by atoms with Gasteiger partial charge in [-0.15, -0.1) is 0 Å². The van der Waals surface area contributed by atoms with Crippen molar-refractivity contribution >= 4 is 5.91 Å². The van der Waals surface area contributed by atoms with E-state index in [1.807, 2.05) is 38.1 Å². The number of benzene rings is 1. The Kier molecular flexibility index (Phi) is 4.83. The van der Waals surface area contributed by atoms with Crippen molar-refractivity contribution in [2.45, 2.75) is 26.8 Å². The van der Waals surface area contributed by atoms with E-state index in [1.54, 1.807) is 24.2 Å². The van der Waals surface area contributed by atoms with Gasteiger partial charge in [-0.2, -0.15) is 5.10 Å². The van der Waals surface area contributed by atoms with Gasteiger partial charge in [-0.05, 0) is 19.1 Å². The zero-order chi connectivity index (χ0) is 17.8. The van der Waals surface area contributed by atoms with Gasteiger partial charge in [0, 0.05) is 6.42 Å². The lowest BCUT2D eigenvalue weighted by Crippen LogP contribution is -2.23. The number of aromatic nitrogens is 3. The molecule has 7 nitrogen and oxygen atoms in total. The van der Waals surface area contributed by atoms with Crippen LogP contribution in [0.5, 0.6) is 5.75 Å². The molecule has 0 radical (unpaired) electrons. The fourth-order valence-electron chi connectivity index (χ4n) is 2.54. The molecule has 0 unspecified atom stereocenters. The van der Waals surface area contributed by atoms with E-state index < -0.39 is 0 Å². The van der Waals surface area contributed by atoms with Crippen LogP contribution in [0.3, 0.4) is 0 Å². The molecule has 0 atom stereocenters. The summed E-state index contributed by atoms with van der Waals surface area (Å²) in [6.45, 7) is 4.09. The second kappa shape index (κ2) is 7.21. The van der Waals surface area contributed by atoms with Gasteiger partial charge in [-0.25, -0.2) is 9.67 Å². The van der Waals surface area contributed by atoms with Crippen LogP contribution in [0.15, 0.2) is 41.1 Å². The molecule has 3 aromatic rings. The van der Waals surface area contributed by atoms with Gasteiger partial charge in [0.15, 0.2) is 5.89 Å². The first kappa shape index (κ1) is 16.8. The van der Waals surface area contributed by atoms with Crippen LogP contribution in [0.4, 0.5) is 0 Å². The number of oxazole rings is 1. The maximum Gasteiger partial charge on any atom is 0.255 e. The van der Waals surface area contributed by atoms with Gasteiger partial charge in [0.25, 0.3) is 5.91 Å². The van der Waals surface area contributed by atoms with Crippen molar-refractivity contribution in [3.05, 3.63) is 59.6 Å². The molecule has 0 aliphatic heterocycles. The number of rotatable bonds is 6. The largest absolute Gasteiger partial charge is 0.494 e. The SMILES string of the molecule is CCc1ncc(CNC(=O)c2cnn(-c3ccccc3OC)c2C)o1.